The smallest absolute Gasteiger partial charge is 0.408 e. The van der Waals surface area contributed by atoms with Gasteiger partial charge in [-0.2, -0.15) is 0 Å². The second-order valence-electron chi connectivity index (χ2n) is 4.01. The average Bonchev–Trinajstić information content (AvgIpc) is 2.49. The Morgan fingerprint density at radius 2 is 2.00 bits per heavy atom. The highest BCUT2D eigenvalue weighted by molar-refractivity contribution is 5.85. The minimum absolute atomic E-state index is 0.0946. The molecular formula is C13H17N3O4. The number of carbonyl (C=O) groups excluding carboxylic acids is 3. The Balaban J connectivity index is 2.44. The molecule has 0 radical (unpaired) electrons. The number of nitrogens with two attached hydrogens (primary N) is 1. The van der Waals surface area contributed by atoms with Crippen molar-refractivity contribution in [3.8, 4) is 0 Å². The number of alkyl carbamates (subject to hydrolysis) is 1. The van der Waals surface area contributed by atoms with Crippen LogP contribution in [-0.4, -0.2) is 24.3 Å². The van der Waals surface area contributed by atoms with Gasteiger partial charge in [0, 0.05) is 6.42 Å². The second kappa shape index (κ2) is 8.65. The number of aldehydes is 1. The van der Waals surface area contributed by atoms with Crippen molar-refractivity contribution in [1.82, 2.24) is 10.7 Å². The molecule has 20 heavy (non-hydrogen) atoms. The van der Waals surface area contributed by atoms with E-state index in [2.05, 4.69) is 5.32 Å². The molecular weight excluding hydrogens is 262 g/mol. The number of benzene rings is 1. The van der Waals surface area contributed by atoms with E-state index in [1.807, 2.05) is 35.8 Å². The minimum Gasteiger partial charge on any atom is -0.445 e. The molecule has 0 heterocycles. The Morgan fingerprint density at radius 1 is 1.30 bits per heavy atom. The number of ether oxygens (including phenoxy) is 1. The molecule has 4 N–H and O–H groups in total. The largest absolute Gasteiger partial charge is 0.445 e. The number of amides is 2. The number of carbonyl (C=O) groups is 3. The van der Waals surface area contributed by atoms with Crippen LogP contribution in [0.3, 0.4) is 0 Å². The maximum Gasteiger partial charge on any atom is 0.408 e. The molecule has 0 saturated carbocycles. The van der Waals surface area contributed by atoms with Gasteiger partial charge in [-0.1, -0.05) is 30.3 Å². The van der Waals surface area contributed by atoms with Gasteiger partial charge in [0.1, 0.15) is 18.9 Å². The van der Waals surface area contributed by atoms with Gasteiger partial charge in [0.2, 0.25) is 0 Å². The first-order valence-electron chi connectivity index (χ1n) is 6.08. The van der Waals surface area contributed by atoms with Crippen molar-refractivity contribution in [3.05, 3.63) is 35.9 Å². The molecule has 0 aliphatic heterocycles. The van der Waals surface area contributed by atoms with Crippen LogP contribution < -0.4 is 16.6 Å². The molecule has 0 fully saturated rings. The molecule has 1 aromatic carbocycles. The summed E-state index contributed by atoms with van der Waals surface area (Å²) in [5, 5.41) is 2.36. The van der Waals surface area contributed by atoms with Gasteiger partial charge in [-0.15, -0.1) is 0 Å². The van der Waals surface area contributed by atoms with E-state index in [1.165, 1.54) is 0 Å². The minimum atomic E-state index is -0.895. The van der Waals surface area contributed by atoms with Crippen LogP contribution in [0.2, 0.25) is 0 Å². The lowest BCUT2D eigenvalue weighted by Gasteiger charge is -2.15. The van der Waals surface area contributed by atoms with E-state index in [9.17, 15) is 14.4 Å². The Hall–Kier alpha value is -2.41. The van der Waals surface area contributed by atoms with Crippen LogP contribution in [0.25, 0.3) is 0 Å². The third-order valence-corrected chi connectivity index (χ3v) is 2.54. The van der Waals surface area contributed by atoms with Gasteiger partial charge < -0.3 is 14.8 Å². The quantitative estimate of drug-likeness (QED) is 0.287. The van der Waals surface area contributed by atoms with Crippen molar-refractivity contribution in [3.63, 3.8) is 0 Å². The van der Waals surface area contributed by atoms with E-state index >= 15 is 0 Å². The lowest BCUT2D eigenvalue weighted by Crippen LogP contribution is -2.49. The summed E-state index contributed by atoms with van der Waals surface area (Å²) in [6.45, 7) is 0.0946. The zero-order valence-electron chi connectivity index (χ0n) is 10.9. The average molecular weight is 279 g/mol. The van der Waals surface area contributed by atoms with Crippen molar-refractivity contribution in [2.75, 3.05) is 0 Å². The van der Waals surface area contributed by atoms with Gasteiger partial charge in [-0.3, -0.25) is 10.2 Å². The molecule has 0 saturated heterocycles. The molecule has 2 amide bonds. The van der Waals surface area contributed by atoms with E-state index in [-0.39, 0.29) is 19.4 Å². The van der Waals surface area contributed by atoms with Gasteiger partial charge in [0.15, 0.2) is 0 Å². The molecule has 0 spiro atoms. The highest BCUT2D eigenvalue weighted by Crippen LogP contribution is 2.02. The van der Waals surface area contributed by atoms with Crippen LogP contribution in [0, 0.1) is 0 Å². The molecule has 0 aliphatic carbocycles. The molecule has 0 bridgehead atoms. The Labute approximate surface area is 116 Å². The van der Waals surface area contributed by atoms with Crippen molar-refractivity contribution >= 4 is 18.3 Å². The molecule has 7 nitrogen and oxygen atoms in total. The van der Waals surface area contributed by atoms with Crippen LogP contribution in [0.1, 0.15) is 18.4 Å². The van der Waals surface area contributed by atoms with Gasteiger partial charge in [0.05, 0.1) is 0 Å². The summed E-state index contributed by atoms with van der Waals surface area (Å²) >= 11 is 0. The zero-order chi connectivity index (χ0) is 14.8. The van der Waals surface area contributed by atoms with Crippen LogP contribution in [0.5, 0.6) is 0 Å². The molecule has 1 rings (SSSR count). The molecule has 0 aliphatic rings. The third-order valence-electron chi connectivity index (χ3n) is 2.54. The zero-order valence-corrected chi connectivity index (χ0v) is 10.9. The maximum absolute atomic E-state index is 11.6. The number of nitrogens with one attached hydrogen (secondary N) is 2. The fourth-order valence-electron chi connectivity index (χ4n) is 1.51. The monoisotopic (exact) mass is 279 g/mol. The van der Waals surface area contributed by atoms with Crippen LogP contribution in [0.15, 0.2) is 30.3 Å². The molecule has 0 aromatic heterocycles. The molecule has 7 heteroatoms. The first-order valence-corrected chi connectivity index (χ1v) is 6.08. The van der Waals surface area contributed by atoms with E-state index in [0.717, 1.165) is 5.56 Å². The number of rotatable bonds is 7. The Bertz CT molecular complexity index is 450. The predicted molar refractivity (Wildman–Crippen MR) is 71.2 cm³/mol. The Morgan fingerprint density at radius 3 is 2.60 bits per heavy atom. The van der Waals surface area contributed by atoms with Gasteiger partial charge in [-0.05, 0) is 12.0 Å². The highest BCUT2D eigenvalue weighted by atomic mass is 16.5. The van der Waals surface area contributed by atoms with E-state index in [0.29, 0.717) is 6.29 Å². The van der Waals surface area contributed by atoms with Crippen LogP contribution >= 0.6 is 0 Å². The summed E-state index contributed by atoms with van der Waals surface area (Å²) in [5.74, 6) is 4.43. The fourth-order valence-corrected chi connectivity index (χ4v) is 1.51. The SMILES string of the molecule is NNC(=O)C(CCC=O)NC(=O)OCc1ccccc1. The topological polar surface area (TPSA) is 111 Å². The van der Waals surface area contributed by atoms with Gasteiger partial charge in [-0.25, -0.2) is 10.6 Å². The highest BCUT2D eigenvalue weighted by Gasteiger charge is 2.20. The maximum atomic E-state index is 11.6. The number of hydrogen-bond donors (Lipinski definition) is 3. The van der Waals surface area contributed by atoms with E-state index in [4.69, 9.17) is 10.6 Å². The molecule has 1 aromatic rings. The summed E-state index contributed by atoms with van der Waals surface area (Å²) in [7, 11) is 0. The van der Waals surface area contributed by atoms with Crippen LogP contribution in [-0.2, 0) is 20.9 Å². The fraction of sp³-hybridized carbons (Fsp3) is 0.308. The summed E-state index contributed by atoms with van der Waals surface area (Å²) in [5.41, 5.74) is 2.76. The molecule has 1 atom stereocenters. The summed E-state index contributed by atoms with van der Waals surface area (Å²) in [6.07, 6.45) is 0.214. The summed E-state index contributed by atoms with van der Waals surface area (Å²) in [6, 6.07) is 8.22. The van der Waals surface area contributed by atoms with Crippen LogP contribution in [0.4, 0.5) is 4.79 Å². The number of hydrazine groups is 1. The lowest BCUT2D eigenvalue weighted by molar-refractivity contribution is -0.123. The van der Waals surface area contributed by atoms with Crippen molar-refractivity contribution in [2.45, 2.75) is 25.5 Å². The lowest BCUT2D eigenvalue weighted by atomic mass is 10.1. The summed E-state index contributed by atoms with van der Waals surface area (Å²) < 4.78 is 4.97. The van der Waals surface area contributed by atoms with Crippen molar-refractivity contribution in [1.29, 1.82) is 0 Å². The second-order valence-corrected chi connectivity index (χ2v) is 4.01. The Kier molecular flexibility index (Phi) is 6.77. The first-order chi connectivity index (χ1) is 9.67. The van der Waals surface area contributed by atoms with Crippen molar-refractivity contribution < 1.29 is 19.1 Å². The third kappa shape index (κ3) is 5.49. The van der Waals surface area contributed by atoms with Gasteiger partial charge in [0.25, 0.3) is 5.91 Å². The standard InChI is InChI=1S/C13H17N3O4/c14-16-12(18)11(7-4-8-17)15-13(19)20-9-10-5-2-1-3-6-10/h1-3,5-6,8,11H,4,7,9,14H2,(H,15,19)(H,16,18). The normalized spacial score (nSPS) is 11.2. The number of hydrogen-bond acceptors (Lipinski definition) is 5. The van der Waals surface area contributed by atoms with E-state index in [1.54, 1.807) is 0 Å². The molecule has 1 unspecified atom stereocenters. The summed E-state index contributed by atoms with van der Waals surface area (Å²) in [4.78, 5) is 33.3. The van der Waals surface area contributed by atoms with E-state index < -0.39 is 18.0 Å². The van der Waals surface area contributed by atoms with Gasteiger partial charge >= 0.3 is 6.09 Å². The first kappa shape index (κ1) is 15.6. The molecule has 108 valence electrons. The van der Waals surface area contributed by atoms with Crippen molar-refractivity contribution in [2.24, 2.45) is 5.84 Å². The predicted octanol–water partition coefficient (Wildman–Crippen LogP) is 0.250.